The van der Waals surface area contributed by atoms with E-state index < -0.39 is 0 Å². The summed E-state index contributed by atoms with van der Waals surface area (Å²) in [5.74, 6) is 0.638. The summed E-state index contributed by atoms with van der Waals surface area (Å²) in [5, 5.41) is 14.3. The first-order valence-electron chi connectivity index (χ1n) is 4.94. The average molecular weight is 221 g/mol. The van der Waals surface area contributed by atoms with Crippen LogP contribution in [0.15, 0.2) is 29.3 Å². The zero-order chi connectivity index (χ0) is 11.8. The molecule has 0 saturated heterocycles. The highest BCUT2D eigenvalue weighted by Gasteiger charge is 2.06. The number of benzene rings is 1. The molecule has 1 aromatic rings. The maximum Gasteiger partial charge on any atom is 0.211 e. The van der Waals surface area contributed by atoms with Gasteiger partial charge in [0.1, 0.15) is 5.84 Å². The van der Waals surface area contributed by atoms with Gasteiger partial charge in [-0.25, -0.2) is 0 Å². The molecule has 0 aliphatic carbocycles. The number of nitrogens with one attached hydrogen (secondary N) is 2. The van der Waals surface area contributed by atoms with Crippen LogP contribution in [0.1, 0.15) is 5.56 Å². The lowest BCUT2D eigenvalue weighted by atomic mass is 10.1. The number of para-hydroxylation sites is 1. The van der Waals surface area contributed by atoms with Crippen LogP contribution in [0.5, 0.6) is 0 Å². The summed E-state index contributed by atoms with van der Waals surface area (Å²) in [4.78, 5) is 14.5. The maximum absolute atomic E-state index is 10.4. The van der Waals surface area contributed by atoms with E-state index in [1.54, 1.807) is 13.1 Å². The first kappa shape index (κ1) is 12.2. The Hall–Kier alpha value is -1.88. The molecule has 0 aromatic heterocycles. The molecule has 0 aliphatic heterocycles. The van der Waals surface area contributed by atoms with E-state index in [1.165, 1.54) is 0 Å². The van der Waals surface area contributed by atoms with Crippen LogP contribution in [0.4, 0.5) is 5.69 Å². The van der Waals surface area contributed by atoms with Gasteiger partial charge in [0.2, 0.25) is 6.41 Å². The van der Waals surface area contributed by atoms with Crippen molar-refractivity contribution in [2.24, 2.45) is 4.99 Å². The van der Waals surface area contributed by atoms with Crippen LogP contribution in [0, 0.1) is 0 Å². The molecule has 5 heteroatoms. The molecule has 0 bridgehead atoms. The lowest BCUT2D eigenvalue weighted by Gasteiger charge is -2.11. The number of aliphatic hydroxyl groups is 1. The summed E-state index contributed by atoms with van der Waals surface area (Å²) >= 11 is 0. The highest BCUT2D eigenvalue weighted by Crippen LogP contribution is 2.14. The molecule has 86 valence electrons. The van der Waals surface area contributed by atoms with E-state index in [-0.39, 0.29) is 6.61 Å². The van der Waals surface area contributed by atoms with E-state index in [1.807, 2.05) is 18.2 Å². The lowest BCUT2D eigenvalue weighted by molar-refractivity contribution is -0.105. The molecule has 0 radical (unpaired) electrons. The van der Waals surface area contributed by atoms with Crippen molar-refractivity contribution >= 4 is 17.9 Å². The molecule has 0 unspecified atom stereocenters. The lowest BCUT2D eigenvalue weighted by Crippen LogP contribution is -2.28. The number of anilines is 1. The first-order valence-corrected chi connectivity index (χ1v) is 4.94. The standard InChI is InChI=1S/C11H15N3O2/c1-12-11(13-6-7-15)9-4-2-3-5-10(9)14-8-16/h2-5,8,15H,6-7H2,1H3,(H,12,13)(H,14,16). The second-order valence-corrected chi connectivity index (χ2v) is 3.03. The third-order valence-electron chi connectivity index (χ3n) is 2.02. The van der Waals surface area contributed by atoms with E-state index in [2.05, 4.69) is 15.6 Å². The summed E-state index contributed by atoms with van der Waals surface area (Å²) in [6.45, 7) is 0.449. The summed E-state index contributed by atoms with van der Waals surface area (Å²) in [7, 11) is 1.65. The van der Waals surface area contributed by atoms with Gasteiger partial charge in [0, 0.05) is 19.2 Å². The van der Waals surface area contributed by atoms with Crippen molar-refractivity contribution in [3.8, 4) is 0 Å². The zero-order valence-electron chi connectivity index (χ0n) is 9.10. The summed E-state index contributed by atoms with van der Waals surface area (Å²) in [6, 6.07) is 7.32. The summed E-state index contributed by atoms with van der Waals surface area (Å²) in [6.07, 6.45) is 0.623. The van der Waals surface area contributed by atoms with E-state index in [9.17, 15) is 4.79 Å². The molecular formula is C11H15N3O2. The van der Waals surface area contributed by atoms with Crippen molar-refractivity contribution < 1.29 is 9.90 Å². The minimum atomic E-state index is 0.0301. The number of hydrogen-bond acceptors (Lipinski definition) is 3. The van der Waals surface area contributed by atoms with Gasteiger partial charge in [0.25, 0.3) is 0 Å². The number of aliphatic imine (C=N–C) groups is 1. The van der Waals surface area contributed by atoms with Crippen LogP contribution in [0.25, 0.3) is 0 Å². The second kappa shape index (κ2) is 6.58. The van der Waals surface area contributed by atoms with Crippen molar-refractivity contribution in [1.82, 2.24) is 5.32 Å². The largest absolute Gasteiger partial charge is 0.395 e. The SMILES string of the molecule is CN=C(NCCO)c1ccccc1NC=O. The highest BCUT2D eigenvalue weighted by molar-refractivity contribution is 6.04. The molecule has 0 spiro atoms. The van der Waals surface area contributed by atoms with Crippen molar-refractivity contribution in [1.29, 1.82) is 0 Å². The Morgan fingerprint density at radius 1 is 1.50 bits per heavy atom. The van der Waals surface area contributed by atoms with Gasteiger partial charge in [-0.1, -0.05) is 12.1 Å². The van der Waals surface area contributed by atoms with Crippen LogP contribution in [0.2, 0.25) is 0 Å². The average Bonchev–Trinajstić information content (AvgIpc) is 2.32. The number of carbonyl (C=O) groups excluding carboxylic acids is 1. The molecule has 3 N–H and O–H groups in total. The number of carbonyl (C=O) groups is 1. The van der Waals surface area contributed by atoms with Crippen molar-refractivity contribution in [2.45, 2.75) is 0 Å². The van der Waals surface area contributed by atoms with E-state index in [4.69, 9.17) is 5.11 Å². The van der Waals surface area contributed by atoms with Crippen molar-refractivity contribution in [3.63, 3.8) is 0 Å². The molecule has 16 heavy (non-hydrogen) atoms. The molecule has 1 rings (SSSR count). The molecule has 0 fully saturated rings. The van der Waals surface area contributed by atoms with Crippen LogP contribution < -0.4 is 10.6 Å². The van der Waals surface area contributed by atoms with Gasteiger partial charge in [-0.15, -0.1) is 0 Å². The Morgan fingerprint density at radius 3 is 2.88 bits per heavy atom. The van der Waals surface area contributed by atoms with Gasteiger partial charge in [0.05, 0.1) is 12.3 Å². The Morgan fingerprint density at radius 2 is 2.25 bits per heavy atom. The van der Waals surface area contributed by atoms with Crippen LogP contribution >= 0.6 is 0 Å². The van der Waals surface area contributed by atoms with Gasteiger partial charge >= 0.3 is 0 Å². The predicted molar refractivity (Wildman–Crippen MR) is 63.7 cm³/mol. The third kappa shape index (κ3) is 3.06. The van der Waals surface area contributed by atoms with Gasteiger partial charge in [-0.3, -0.25) is 9.79 Å². The number of nitrogens with zero attached hydrogens (tertiary/aromatic N) is 1. The molecule has 0 heterocycles. The predicted octanol–water partition coefficient (Wildman–Crippen LogP) is 0.213. The van der Waals surface area contributed by atoms with E-state index in [0.717, 1.165) is 5.56 Å². The molecule has 0 atom stereocenters. The molecule has 0 saturated carbocycles. The Labute approximate surface area is 94.2 Å². The third-order valence-corrected chi connectivity index (χ3v) is 2.02. The van der Waals surface area contributed by atoms with E-state index >= 15 is 0 Å². The van der Waals surface area contributed by atoms with E-state index in [0.29, 0.717) is 24.5 Å². The van der Waals surface area contributed by atoms with Crippen LogP contribution in [0.3, 0.4) is 0 Å². The monoisotopic (exact) mass is 221 g/mol. The van der Waals surface area contributed by atoms with Crippen molar-refractivity contribution in [2.75, 3.05) is 25.5 Å². The number of hydrogen-bond donors (Lipinski definition) is 3. The molecule has 1 aromatic carbocycles. The fourth-order valence-electron chi connectivity index (χ4n) is 1.35. The van der Waals surface area contributed by atoms with Crippen LogP contribution in [-0.2, 0) is 4.79 Å². The highest BCUT2D eigenvalue weighted by atomic mass is 16.3. The zero-order valence-corrected chi connectivity index (χ0v) is 9.10. The minimum absolute atomic E-state index is 0.0301. The minimum Gasteiger partial charge on any atom is -0.395 e. The molecule has 5 nitrogen and oxygen atoms in total. The Kier molecular flexibility index (Phi) is 5.01. The number of amidine groups is 1. The number of amides is 1. The quantitative estimate of drug-likeness (QED) is 0.378. The van der Waals surface area contributed by atoms with Gasteiger partial charge in [-0.05, 0) is 12.1 Å². The Bertz CT molecular complexity index is 377. The summed E-state index contributed by atoms with van der Waals surface area (Å²) < 4.78 is 0. The van der Waals surface area contributed by atoms with Crippen LogP contribution in [-0.4, -0.2) is 37.6 Å². The number of aliphatic hydroxyl groups excluding tert-OH is 1. The smallest absolute Gasteiger partial charge is 0.211 e. The normalized spacial score (nSPS) is 11.0. The topological polar surface area (TPSA) is 73.7 Å². The molecule has 0 aliphatic rings. The number of rotatable bonds is 5. The summed E-state index contributed by atoms with van der Waals surface area (Å²) in [5.41, 5.74) is 1.48. The Balaban J connectivity index is 2.95. The second-order valence-electron chi connectivity index (χ2n) is 3.03. The maximum atomic E-state index is 10.4. The van der Waals surface area contributed by atoms with Gasteiger partial charge in [0.15, 0.2) is 0 Å². The fraction of sp³-hybridized carbons (Fsp3) is 0.273. The van der Waals surface area contributed by atoms with Gasteiger partial charge in [-0.2, -0.15) is 0 Å². The molecule has 1 amide bonds. The molecular weight excluding hydrogens is 206 g/mol. The van der Waals surface area contributed by atoms with Gasteiger partial charge < -0.3 is 15.7 Å². The fourth-order valence-corrected chi connectivity index (χ4v) is 1.35. The first-order chi connectivity index (χ1) is 7.83. The van der Waals surface area contributed by atoms with Crippen molar-refractivity contribution in [3.05, 3.63) is 29.8 Å².